The predicted octanol–water partition coefficient (Wildman–Crippen LogP) is 4.78. The van der Waals surface area contributed by atoms with Crippen molar-refractivity contribution in [2.45, 2.75) is 26.2 Å². The number of ether oxygens (including phenoxy) is 1. The Balaban J connectivity index is 0.000000194. The topological polar surface area (TPSA) is 103 Å². The minimum atomic E-state index is -0.631. The Morgan fingerprint density at radius 2 is 1.80 bits per heavy atom. The zero-order chi connectivity index (χ0) is 28.8. The zero-order valence-electron chi connectivity index (χ0n) is 23.2. The standard InChI is InChI=1S/C16H18N6O.C13H17F2NO/c1-10-9-13(19-21(10)3)14-11(2)15(18-16(17)23)22(20-14)12-7-5-4-6-8-12;1-17-5-4-16-3-2-10(9-16)11-6-12(14)8-13(15)7-11/h4-9H,1-3H3,(H3,17,18,23);6-8,10H,2-5,9H2,1H3. The number of nitrogens with two attached hydrogens (primary N) is 1. The highest BCUT2D eigenvalue weighted by molar-refractivity contribution is 5.89. The smallest absolute Gasteiger partial charge is 0.317 e. The van der Waals surface area contributed by atoms with Crippen LogP contribution in [-0.4, -0.2) is 63.8 Å². The number of carbonyl (C=O) groups is 1. The lowest BCUT2D eigenvalue weighted by atomic mass is 9.98. The highest BCUT2D eigenvalue weighted by Gasteiger charge is 2.24. The third kappa shape index (κ3) is 6.91. The molecule has 2 aromatic carbocycles. The molecule has 2 aromatic heterocycles. The van der Waals surface area contributed by atoms with Crippen LogP contribution in [0.3, 0.4) is 0 Å². The zero-order valence-corrected chi connectivity index (χ0v) is 23.2. The molecule has 212 valence electrons. The van der Waals surface area contributed by atoms with Crippen molar-refractivity contribution in [1.29, 1.82) is 0 Å². The van der Waals surface area contributed by atoms with Gasteiger partial charge in [-0.15, -0.1) is 0 Å². The lowest BCUT2D eigenvalue weighted by Gasteiger charge is -2.15. The van der Waals surface area contributed by atoms with E-state index in [1.54, 1.807) is 16.5 Å². The molecule has 1 aliphatic rings. The third-order valence-electron chi connectivity index (χ3n) is 6.96. The highest BCUT2D eigenvalue weighted by atomic mass is 19.1. The molecule has 1 saturated heterocycles. The number of amides is 2. The summed E-state index contributed by atoms with van der Waals surface area (Å²) in [6.07, 6.45) is 0.951. The first-order valence-electron chi connectivity index (χ1n) is 13.1. The summed E-state index contributed by atoms with van der Waals surface area (Å²) >= 11 is 0. The summed E-state index contributed by atoms with van der Waals surface area (Å²) in [5.41, 5.74) is 10.2. The van der Waals surface area contributed by atoms with Crippen LogP contribution >= 0.6 is 0 Å². The first kappa shape index (κ1) is 28.9. The van der Waals surface area contributed by atoms with Crippen molar-refractivity contribution in [1.82, 2.24) is 24.5 Å². The molecule has 4 aromatic rings. The van der Waals surface area contributed by atoms with Crippen molar-refractivity contribution in [2.75, 3.05) is 38.7 Å². The Kier molecular flexibility index (Phi) is 9.28. The van der Waals surface area contributed by atoms with Crippen molar-refractivity contribution >= 4 is 11.8 Å². The number of likely N-dealkylation sites (tertiary alicyclic amines) is 1. The number of hydrogen-bond donors (Lipinski definition) is 2. The summed E-state index contributed by atoms with van der Waals surface area (Å²) in [6, 6.07) is 14.7. The average Bonchev–Trinajstić information content (AvgIpc) is 3.61. The van der Waals surface area contributed by atoms with Crippen molar-refractivity contribution in [3.8, 4) is 17.1 Å². The Morgan fingerprint density at radius 3 is 2.40 bits per heavy atom. The maximum Gasteiger partial charge on any atom is 0.317 e. The molecule has 40 heavy (non-hydrogen) atoms. The lowest BCUT2D eigenvalue weighted by molar-refractivity contribution is 0.160. The number of hydrogen-bond acceptors (Lipinski definition) is 5. The van der Waals surface area contributed by atoms with Gasteiger partial charge in [0, 0.05) is 44.6 Å². The van der Waals surface area contributed by atoms with Crippen LogP contribution in [0.1, 0.15) is 29.2 Å². The number of nitrogens with zero attached hydrogens (tertiary/aromatic N) is 5. The molecule has 0 spiro atoms. The molecular formula is C29H35F2N7O2. The predicted molar refractivity (Wildman–Crippen MR) is 150 cm³/mol. The lowest BCUT2D eigenvalue weighted by Crippen LogP contribution is -2.24. The Bertz CT molecular complexity index is 1410. The van der Waals surface area contributed by atoms with Gasteiger partial charge in [-0.25, -0.2) is 18.3 Å². The molecular weight excluding hydrogens is 516 g/mol. The monoisotopic (exact) mass is 551 g/mol. The molecule has 3 N–H and O–H groups in total. The molecule has 1 aliphatic heterocycles. The number of carbonyl (C=O) groups excluding carboxylic acids is 1. The van der Waals surface area contributed by atoms with E-state index in [-0.39, 0.29) is 5.92 Å². The summed E-state index contributed by atoms with van der Waals surface area (Å²) < 4.78 is 34.7. The second-order valence-corrected chi connectivity index (χ2v) is 9.84. The number of nitrogens with one attached hydrogen (secondary N) is 1. The Morgan fingerprint density at radius 1 is 1.10 bits per heavy atom. The fourth-order valence-electron chi connectivity index (χ4n) is 4.77. The first-order valence-corrected chi connectivity index (χ1v) is 13.1. The van der Waals surface area contributed by atoms with E-state index in [9.17, 15) is 13.6 Å². The molecule has 1 fully saturated rings. The molecule has 0 bridgehead atoms. The normalized spacial score (nSPS) is 15.1. The van der Waals surface area contributed by atoms with E-state index in [4.69, 9.17) is 10.5 Å². The molecule has 2 amide bonds. The molecule has 9 nitrogen and oxygen atoms in total. The van der Waals surface area contributed by atoms with Gasteiger partial charge in [0.05, 0.1) is 12.3 Å². The van der Waals surface area contributed by atoms with Gasteiger partial charge >= 0.3 is 6.03 Å². The van der Waals surface area contributed by atoms with Gasteiger partial charge in [-0.1, -0.05) is 18.2 Å². The summed E-state index contributed by atoms with van der Waals surface area (Å²) in [7, 11) is 3.56. The maximum absolute atomic E-state index is 13.1. The molecule has 0 saturated carbocycles. The largest absolute Gasteiger partial charge is 0.383 e. The van der Waals surface area contributed by atoms with Crippen LogP contribution in [0.25, 0.3) is 17.1 Å². The number of primary amides is 1. The number of para-hydroxylation sites is 1. The number of aromatic nitrogens is 4. The minimum absolute atomic E-state index is 0.233. The van der Waals surface area contributed by atoms with Crippen LogP contribution in [0.5, 0.6) is 0 Å². The average molecular weight is 552 g/mol. The van der Waals surface area contributed by atoms with E-state index in [1.165, 1.54) is 12.1 Å². The minimum Gasteiger partial charge on any atom is -0.383 e. The highest BCUT2D eigenvalue weighted by Crippen LogP contribution is 2.30. The van der Waals surface area contributed by atoms with Gasteiger partial charge in [-0.2, -0.15) is 10.2 Å². The number of urea groups is 1. The molecule has 5 rings (SSSR count). The first-order chi connectivity index (χ1) is 19.2. The number of anilines is 1. The maximum atomic E-state index is 13.1. The number of methoxy groups -OCH3 is 1. The Labute approximate surface area is 232 Å². The van der Waals surface area contributed by atoms with E-state index in [2.05, 4.69) is 20.4 Å². The molecule has 11 heteroatoms. The van der Waals surface area contributed by atoms with Crippen LogP contribution in [0.2, 0.25) is 0 Å². The number of benzene rings is 2. The Hall–Kier alpha value is -4.09. The number of halogens is 2. The van der Waals surface area contributed by atoms with Gasteiger partial charge in [0.15, 0.2) is 0 Å². The van der Waals surface area contributed by atoms with E-state index >= 15 is 0 Å². The van der Waals surface area contributed by atoms with E-state index < -0.39 is 17.7 Å². The molecule has 0 radical (unpaired) electrons. The molecule has 1 unspecified atom stereocenters. The number of aryl methyl sites for hydroxylation is 2. The van der Waals surface area contributed by atoms with Crippen molar-refractivity contribution in [3.63, 3.8) is 0 Å². The summed E-state index contributed by atoms with van der Waals surface area (Å²) in [4.78, 5) is 13.6. The summed E-state index contributed by atoms with van der Waals surface area (Å²) in [5.74, 6) is -0.204. The van der Waals surface area contributed by atoms with Crippen LogP contribution < -0.4 is 11.1 Å². The van der Waals surface area contributed by atoms with Crippen LogP contribution in [0, 0.1) is 25.5 Å². The summed E-state index contributed by atoms with van der Waals surface area (Å²) in [6.45, 7) is 7.26. The van der Waals surface area contributed by atoms with Crippen molar-refractivity contribution < 1.29 is 18.3 Å². The van der Waals surface area contributed by atoms with E-state index in [1.807, 2.05) is 57.3 Å². The number of rotatable bonds is 7. The van der Waals surface area contributed by atoms with Gasteiger partial charge in [0.2, 0.25) is 0 Å². The van der Waals surface area contributed by atoms with Gasteiger partial charge in [-0.05, 0) is 68.6 Å². The second kappa shape index (κ2) is 12.8. The molecule has 3 heterocycles. The van der Waals surface area contributed by atoms with Crippen LogP contribution in [0.15, 0.2) is 54.6 Å². The van der Waals surface area contributed by atoms with Gasteiger partial charge < -0.3 is 15.4 Å². The quantitative estimate of drug-likeness (QED) is 0.344. The van der Waals surface area contributed by atoms with Crippen molar-refractivity contribution in [3.05, 3.63) is 83.1 Å². The SMILES string of the molecule is COCCN1CCC(c2cc(F)cc(F)c2)C1.Cc1c(-c2cc(C)n(C)n2)nn(-c2ccccc2)c1NC(N)=O. The molecule has 1 atom stereocenters. The van der Waals surface area contributed by atoms with Crippen LogP contribution in [-0.2, 0) is 11.8 Å². The second-order valence-electron chi connectivity index (χ2n) is 9.84. The molecule has 0 aliphatic carbocycles. The van der Waals surface area contributed by atoms with Gasteiger partial charge in [0.25, 0.3) is 0 Å². The van der Waals surface area contributed by atoms with Crippen LogP contribution in [0.4, 0.5) is 19.4 Å². The van der Waals surface area contributed by atoms with E-state index in [0.29, 0.717) is 18.1 Å². The van der Waals surface area contributed by atoms with Gasteiger partial charge in [0.1, 0.15) is 28.8 Å². The third-order valence-corrected chi connectivity index (χ3v) is 6.96. The summed E-state index contributed by atoms with van der Waals surface area (Å²) in [5, 5.41) is 11.8. The fourth-order valence-corrected chi connectivity index (χ4v) is 4.77. The van der Waals surface area contributed by atoms with E-state index in [0.717, 1.165) is 60.3 Å². The fraction of sp³-hybridized carbons (Fsp3) is 0.345. The van der Waals surface area contributed by atoms with Crippen molar-refractivity contribution in [2.24, 2.45) is 12.8 Å². The van der Waals surface area contributed by atoms with Gasteiger partial charge in [-0.3, -0.25) is 10.00 Å².